The summed E-state index contributed by atoms with van der Waals surface area (Å²) in [7, 11) is 0. The molecule has 0 radical (unpaired) electrons. The molecule has 0 saturated heterocycles. The molecule has 6 nitrogen and oxygen atoms in total. The number of fused-ring (bicyclic) bond motifs is 9. The van der Waals surface area contributed by atoms with Crippen molar-refractivity contribution in [3.05, 3.63) is 176 Å². The quantitative estimate of drug-likeness (QED) is 0.175. The Balaban J connectivity index is 1.01. The molecule has 0 N–H and O–H groups in total. The molecule has 0 atom stereocenters. The average molecular weight is 732 g/mol. The molecule has 266 valence electrons. The summed E-state index contributed by atoms with van der Waals surface area (Å²) in [5, 5.41) is 6.24. The minimum atomic E-state index is 0.580. The molecule has 6 heteroatoms. The minimum absolute atomic E-state index is 0.580. The molecule has 0 bridgehead atoms. The van der Waals surface area contributed by atoms with E-state index in [1.165, 1.54) is 0 Å². The summed E-state index contributed by atoms with van der Waals surface area (Å²) < 4.78 is 19.7. The van der Waals surface area contributed by atoms with E-state index in [1.807, 2.05) is 91.0 Å². The number of aromatic nitrogens is 3. The van der Waals surface area contributed by atoms with Gasteiger partial charge < -0.3 is 13.3 Å². The van der Waals surface area contributed by atoms with Crippen molar-refractivity contribution < 1.29 is 13.3 Å². The molecule has 0 aliphatic heterocycles. The Morgan fingerprint density at radius 1 is 0.281 bits per heavy atom. The number of nitrogens with zero attached hydrogens (tertiary/aromatic N) is 3. The maximum absolute atomic E-state index is 6.77. The fourth-order valence-corrected chi connectivity index (χ4v) is 8.27. The second-order valence-corrected chi connectivity index (χ2v) is 14.3. The van der Waals surface area contributed by atoms with Crippen LogP contribution < -0.4 is 0 Å². The molecule has 0 amide bonds. The molecule has 0 aliphatic rings. The summed E-state index contributed by atoms with van der Waals surface area (Å²) in [6.45, 7) is 0. The lowest BCUT2D eigenvalue weighted by atomic mass is 9.98. The van der Waals surface area contributed by atoms with E-state index in [0.717, 1.165) is 105 Å². The molecule has 0 fully saturated rings. The molecule has 4 heterocycles. The first kappa shape index (κ1) is 31.5. The van der Waals surface area contributed by atoms with Gasteiger partial charge in [0.2, 0.25) is 0 Å². The molecule has 57 heavy (non-hydrogen) atoms. The third kappa shape index (κ3) is 5.01. The van der Waals surface area contributed by atoms with Gasteiger partial charge in [-0.2, -0.15) is 0 Å². The highest BCUT2D eigenvalue weighted by molar-refractivity contribution is 6.18. The Bertz CT molecular complexity index is 3470. The van der Waals surface area contributed by atoms with E-state index >= 15 is 0 Å². The highest BCUT2D eigenvalue weighted by Crippen LogP contribution is 2.44. The molecule has 12 aromatic rings. The highest BCUT2D eigenvalue weighted by atomic mass is 16.3. The first-order valence-corrected chi connectivity index (χ1v) is 18.9. The van der Waals surface area contributed by atoms with Crippen molar-refractivity contribution in [2.24, 2.45) is 0 Å². The predicted octanol–water partition coefficient (Wildman–Crippen LogP) is 13.9. The zero-order valence-electron chi connectivity index (χ0n) is 30.3. The lowest BCUT2D eigenvalue weighted by Crippen LogP contribution is -2.00. The van der Waals surface area contributed by atoms with Gasteiger partial charge in [0.25, 0.3) is 0 Å². The first-order valence-electron chi connectivity index (χ1n) is 18.9. The summed E-state index contributed by atoms with van der Waals surface area (Å²) in [5.41, 5.74) is 11.7. The summed E-state index contributed by atoms with van der Waals surface area (Å²) in [6, 6.07) is 59.7. The van der Waals surface area contributed by atoms with Gasteiger partial charge >= 0.3 is 0 Å². The lowest BCUT2D eigenvalue weighted by Gasteiger charge is -2.09. The Morgan fingerprint density at radius 2 is 0.807 bits per heavy atom. The first-order chi connectivity index (χ1) is 28.2. The van der Waals surface area contributed by atoms with Crippen molar-refractivity contribution in [1.29, 1.82) is 0 Å². The van der Waals surface area contributed by atoms with Crippen LogP contribution >= 0.6 is 0 Å². The van der Waals surface area contributed by atoms with Gasteiger partial charge in [0.05, 0.1) is 0 Å². The van der Waals surface area contributed by atoms with Crippen LogP contribution in [0.5, 0.6) is 0 Å². The monoisotopic (exact) mass is 731 g/mol. The smallest absolute Gasteiger partial charge is 0.164 e. The van der Waals surface area contributed by atoms with Crippen molar-refractivity contribution >= 4 is 65.8 Å². The van der Waals surface area contributed by atoms with Crippen molar-refractivity contribution in [2.75, 3.05) is 0 Å². The van der Waals surface area contributed by atoms with Gasteiger partial charge in [-0.3, -0.25) is 0 Å². The second kappa shape index (κ2) is 12.3. The summed E-state index contributed by atoms with van der Waals surface area (Å²) >= 11 is 0. The zero-order chi connectivity index (χ0) is 37.5. The van der Waals surface area contributed by atoms with Crippen LogP contribution in [0.25, 0.3) is 122 Å². The van der Waals surface area contributed by atoms with Crippen LogP contribution in [0.15, 0.2) is 189 Å². The van der Waals surface area contributed by atoms with E-state index < -0.39 is 0 Å². The van der Waals surface area contributed by atoms with E-state index in [-0.39, 0.29) is 0 Å². The fraction of sp³-hybridized carbons (Fsp3) is 0. The van der Waals surface area contributed by atoms with Crippen molar-refractivity contribution in [3.8, 4) is 56.4 Å². The van der Waals surface area contributed by atoms with E-state index in [2.05, 4.69) is 84.9 Å². The molecule has 0 unspecified atom stereocenters. The zero-order valence-corrected chi connectivity index (χ0v) is 30.3. The molecule has 0 spiro atoms. The van der Waals surface area contributed by atoms with E-state index in [9.17, 15) is 0 Å². The third-order valence-corrected chi connectivity index (χ3v) is 11.0. The topological polar surface area (TPSA) is 78.1 Å². The lowest BCUT2D eigenvalue weighted by molar-refractivity contribution is 0.665. The Labute approximate surface area is 325 Å². The van der Waals surface area contributed by atoms with Crippen LogP contribution in [0.1, 0.15) is 0 Å². The maximum Gasteiger partial charge on any atom is 0.164 e. The fourth-order valence-electron chi connectivity index (χ4n) is 8.27. The Morgan fingerprint density at radius 3 is 1.58 bits per heavy atom. The summed E-state index contributed by atoms with van der Waals surface area (Å²) in [6.07, 6.45) is 0. The van der Waals surface area contributed by atoms with Gasteiger partial charge in [0, 0.05) is 60.1 Å². The van der Waals surface area contributed by atoms with Crippen LogP contribution in [0.2, 0.25) is 0 Å². The van der Waals surface area contributed by atoms with Crippen molar-refractivity contribution in [2.45, 2.75) is 0 Å². The molecule has 0 aliphatic carbocycles. The van der Waals surface area contributed by atoms with Crippen LogP contribution in [0.4, 0.5) is 0 Å². The number of furan rings is 3. The van der Waals surface area contributed by atoms with E-state index in [4.69, 9.17) is 28.2 Å². The van der Waals surface area contributed by atoms with Gasteiger partial charge in [-0.05, 0) is 47.5 Å². The van der Waals surface area contributed by atoms with Crippen LogP contribution in [0, 0.1) is 0 Å². The molecular formula is C51H29N3O3. The standard InChI is InChI=1S/C51H29N3O3/c1-3-12-30(13-4-1)49-52-50(31-14-5-2-6-15-31)54-51(53-49)40-21-11-23-44-46(40)39-20-10-18-37(48(39)57-44)36-17-9-19-38-41-28-32(25-27-43(41)56-47(36)38)33-24-26-35-34-16-7-8-22-42(34)55-45(35)29-33/h1-29H. The van der Waals surface area contributed by atoms with Crippen LogP contribution in [0.3, 0.4) is 0 Å². The molecule has 0 saturated carbocycles. The van der Waals surface area contributed by atoms with Crippen molar-refractivity contribution in [1.82, 2.24) is 15.0 Å². The molecule has 8 aromatic carbocycles. The van der Waals surface area contributed by atoms with E-state index in [1.54, 1.807) is 0 Å². The average Bonchev–Trinajstić information content (AvgIpc) is 3.98. The van der Waals surface area contributed by atoms with Gasteiger partial charge in [-0.25, -0.2) is 15.0 Å². The molecular weight excluding hydrogens is 703 g/mol. The molecule has 12 rings (SSSR count). The van der Waals surface area contributed by atoms with Gasteiger partial charge in [0.1, 0.15) is 33.5 Å². The SMILES string of the molecule is c1ccc(-c2nc(-c3ccccc3)nc(-c3cccc4oc5c(-c6cccc7c6oc6ccc(-c8ccc9c(c8)oc8ccccc89)cc67)cccc5c34)n2)cc1. The number of hydrogen-bond acceptors (Lipinski definition) is 6. The highest BCUT2D eigenvalue weighted by Gasteiger charge is 2.21. The van der Waals surface area contributed by atoms with E-state index in [0.29, 0.717) is 17.5 Å². The third-order valence-electron chi connectivity index (χ3n) is 11.0. The van der Waals surface area contributed by atoms with Crippen LogP contribution in [-0.2, 0) is 0 Å². The minimum Gasteiger partial charge on any atom is -0.456 e. The molecule has 4 aromatic heterocycles. The largest absolute Gasteiger partial charge is 0.456 e. The summed E-state index contributed by atoms with van der Waals surface area (Å²) in [5.74, 6) is 1.80. The second-order valence-electron chi connectivity index (χ2n) is 14.3. The van der Waals surface area contributed by atoms with Gasteiger partial charge in [0.15, 0.2) is 17.5 Å². The van der Waals surface area contributed by atoms with Gasteiger partial charge in [-0.15, -0.1) is 0 Å². The maximum atomic E-state index is 6.77. The Kier molecular flexibility index (Phi) is 6.83. The number of rotatable bonds is 5. The van der Waals surface area contributed by atoms with Crippen molar-refractivity contribution in [3.63, 3.8) is 0 Å². The summed E-state index contributed by atoms with van der Waals surface area (Å²) in [4.78, 5) is 15.0. The number of benzene rings is 8. The van der Waals surface area contributed by atoms with Crippen LogP contribution in [-0.4, -0.2) is 15.0 Å². The van der Waals surface area contributed by atoms with Gasteiger partial charge in [-0.1, -0.05) is 140 Å². The Hall–Kier alpha value is -7.83. The number of hydrogen-bond donors (Lipinski definition) is 0. The normalized spacial score (nSPS) is 11.9. The number of para-hydroxylation sites is 3. The predicted molar refractivity (Wildman–Crippen MR) is 229 cm³/mol.